The molecule has 3 nitrogen and oxygen atoms in total. The van der Waals surface area contributed by atoms with Gasteiger partial charge in [0.1, 0.15) is 5.75 Å². The van der Waals surface area contributed by atoms with Crippen molar-refractivity contribution in [2.75, 3.05) is 7.11 Å². The van der Waals surface area contributed by atoms with Crippen LogP contribution in [0.4, 0.5) is 0 Å². The van der Waals surface area contributed by atoms with Crippen LogP contribution < -0.4 is 10.1 Å². The zero-order chi connectivity index (χ0) is 14.7. The summed E-state index contributed by atoms with van der Waals surface area (Å²) in [5.41, 5.74) is 0.582. The highest BCUT2D eigenvalue weighted by atomic mass is 16.5. The van der Waals surface area contributed by atoms with E-state index in [0.717, 1.165) is 10.8 Å². The van der Waals surface area contributed by atoms with Crippen molar-refractivity contribution in [2.24, 2.45) is 5.92 Å². The third kappa shape index (κ3) is 2.93. The molecule has 20 heavy (non-hydrogen) atoms. The van der Waals surface area contributed by atoms with Gasteiger partial charge in [0, 0.05) is 6.04 Å². The number of carbonyl (C=O) groups is 1. The first-order valence-electron chi connectivity index (χ1n) is 6.90. The molecule has 0 saturated carbocycles. The summed E-state index contributed by atoms with van der Waals surface area (Å²) in [5, 5.41) is 5.12. The van der Waals surface area contributed by atoms with Gasteiger partial charge < -0.3 is 10.1 Å². The van der Waals surface area contributed by atoms with Gasteiger partial charge in [-0.05, 0) is 35.7 Å². The standard InChI is InChI=1S/C17H21NO2/c1-11(2)12(3)18-17(19)15-9-13-7-5-6-8-14(13)10-16(15)20-4/h5-12H,1-4H3,(H,18,19). The fourth-order valence-electron chi connectivity index (χ4n) is 2.02. The number of nitrogens with one attached hydrogen (secondary N) is 1. The largest absolute Gasteiger partial charge is 0.496 e. The molecule has 1 N–H and O–H groups in total. The maximum Gasteiger partial charge on any atom is 0.255 e. The lowest BCUT2D eigenvalue weighted by molar-refractivity contribution is 0.0927. The first-order chi connectivity index (χ1) is 9.52. The average Bonchev–Trinajstić information content (AvgIpc) is 2.45. The second-order valence-corrected chi connectivity index (χ2v) is 5.41. The Morgan fingerprint density at radius 3 is 2.25 bits per heavy atom. The van der Waals surface area contributed by atoms with Crippen molar-refractivity contribution in [3.63, 3.8) is 0 Å². The number of amides is 1. The molecule has 0 saturated heterocycles. The van der Waals surface area contributed by atoms with Gasteiger partial charge in [0.2, 0.25) is 0 Å². The first-order valence-corrected chi connectivity index (χ1v) is 6.90. The van der Waals surface area contributed by atoms with E-state index in [9.17, 15) is 4.79 Å². The van der Waals surface area contributed by atoms with Crippen molar-refractivity contribution in [2.45, 2.75) is 26.8 Å². The molecule has 0 aliphatic heterocycles. The SMILES string of the molecule is COc1cc2ccccc2cc1C(=O)NC(C)C(C)C. The third-order valence-corrected chi connectivity index (χ3v) is 3.67. The second-order valence-electron chi connectivity index (χ2n) is 5.41. The Morgan fingerprint density at radius 1 is 1.10 bits per heavy atom. The maximum absolute atomic E-state index is 12.4. The van der Waals surface area contributed by atoms with E-state index in [4.69, 9.17) is 4.74 Å². The third-order valence-electron chi connectivity index (χ3n) is 3.67. The van der Waals surface area contributed by atoms with Crippen LogP contribution >= 0.6 is 0 Å². The smallest absolute Gasteiger partial charge is 0.255 e. The number of fused-ring (bicyclic) bond motifs is 1. The second kappa shape index (κ2) is 5.95. The van der Waals surface area contributed by atoms with Gasteiger partial charge in [-0.15, -0.1) is 0 Å². The predicted molar refractivity (Wildman–Crippen MR) is 82.3 cm³/mol. The molecule has 0 bridgehead atoms. The van der Waals surface area contributed by atoms with Gasteiger partial charge in [0.15, 0.2) is 0 Å². The van der Waals surface area contributed by atoms with Gasteiger partial charge in [-0.25, -0.2) is 0 Å². The molecule has 0 heterocycles. The molecule has 2 aromatic rings. The lowest BCUT2D eigenvalue weighted by Crippen LogP contribution is -2.36. The Bertz CT molecular complexity index is 619. The molecule has 1 amide bonds. The van der Waals surface area contributed by atoms with Crippen LogP contribution in [0, 0.1) is 5.92 Å². The summed E-state index contributed by atoms with van der Waals surface area (Å²) in [7, 11) is 1.59. The van der Waals surface area contributed by atoms with Crippen LogP contribution in [0.15, 0.2) is 36.4 Å². The Labute approximate surface area is 119 Å². The topological polar surface area (TPSA) is 38.3 Å². The summed E-state index contributed by atoms with van der Waals surface area (Å²) < 4.78 is 5.36. The van der Waals surface area contributed by atoms with E-state index in [1.54, 1.807) is 7.11 Å². The van der Waals surface area contributed by atoms with E-state index in [-0.39, 0.29) is 11.9 Å². The monoisotopic (exact) mass is 271 g/mol. The Balaban J connectivity index is 2.39. The quantitative estimate of drug-likeness (QED) is 0.922. The molecule has 3 heteroatoms. The molecule has 0 spiro atoms. The molecule has 0 aliphatic rings. The van der Waals surface area contributed by atoms with Gasteiger partial charge in [-0.1, -0.05) is 38.1 Å². The molecule has 1 atom stereocenters. The van der Waals surface area contributed by atoms with Gasteiger partial charge >= 0.3 is 0 Å². The number of methoxy groups -OCH3 is 1. The van der Waals surface area contributed by atoms with Gasteiger partial charge in [0.25, 0.3) is 5.91 Å². The van der Waals surface area contributed by atoms with E-state index in [2.05, 4.69) is 19.2 Å². The van der Waals surface area contributed by atoms with Gasteiger partial charge in [-0.3, -0.25) is 4.79 Å². The Hall–Kier alpha value is -2.03. The highest BCUT2D eigenvalue weighted by molar-refractivity contribution is 6.01. The molecule has 0 fully saturated rings. The number of benzene rings is 2. The normalized spacial score (nSPS) is 12.4. The van der Waals surface area contributed by atoms with Crippen LogP contribution in [0.25, 0.3) is 10.8 Å². The fraction of sp³-hybridized carbons (Fsp3) is 0.353. The van der Waals surface area contributed by atoms with E-state index >= 15 is 0 Å². The highest BCUT2D eigenvalue weighted by Crippen LogP contribution is 2.26. The van der Waals surface area contributed by atoms with Crippen LogP contribution in [0.1, 0.15) is 31.1 Å². The van der Waals surface area contributed by atoms with E-state index < -0.39 is 0 Å². The van der Waals surface area contributed by atoms with Crippen LogP contribution in [-0.4, -0.2) is 19.1 Å². The molecule has 2 rings (SSSR count). The first kappa shape index (κ1) is 14.4. The van der Waals surface area contributed by atoms with E-state index in [1.807, 2.05) is 43.3 Å². The van der Waals surface area contributed by atoms with E-state index in [0.29, 0.717) is 17.2 Å². The molecule has 0 aromatic heterocycles. The van der Waals surface area contributed by atoms with Gasteiger partial charge in [-0.2, -0.15) is 0 Å². The van der Waals surface area contributed by atoms with Crippen LogP contribution in [0.2, 0.25) is 0 Å². The van der Waals surface area contributed by atoms with Crippen molar-refractivity contribution in [3.05, 3.63) is 42.0 Å². The van der Waals surface area contributed by atoms with Crippen LogP contribution in [0.3, 0.4) is 0 Å². The van der Waals surface area contributed by atoms with E-state index in [1.165, 1.54) is 0 Å². The molecule has 1 unspecified atom stereocenters. The summed E-state index contributed by atoms with van der Waals surface area (Å²) in [6.45, 7) is 6.18. The fourth-order valence-corrected chi connectivity index (χ4v) is 2.02. The Kier molecular flexibility index (Phi) is 4.28. The highest BCUT2D eigenvalue weighted by Gasteiger charge is 2.17. The Morgan fingerprint density at radius 2 is 1.70 bits per heavy atom. The summed E-state index contributed by atoms with van der Waals surface area (Å²) in [4.78, 5) is 12.4. The van der Waals surface area contributed by atoms with Crippen LogP contribution in [0.5, 0.6) is 5.75 Å². The number of ether oxygens (including phenoxy) is 1. The number of rotatable bonds is 4. The van der Waals surface area contributed by atoms with Crippen molar-refractivity contribution in [1.29, 1.82) is 0 Å². The van der Waals surface area contributed by atoms with Crippen molar-refractivity contribution >= 4 is 16.7 Å². The lowest BCUT2D eigenvalue weighted by atomic mass is 10.0. The zero-order valence-electron chi connectivity index (χ0n) is 12.4. The number of hydrogen-bond donors (Lipinski definition) is 1. The van der Waals surface area contributed by atoms with Crippen molar-refractivity contribution in [3.8, 4) is 5.75 Å². The molecule has 2 aromatic carbocycles. The summed E-state index contributed by atoms with van der Waals surface area (Å²) >= 11 is 0. The number of hydrogen-bond acceptors (Lipinski definition) is 2. The molecule has 0 radical (unpaired) electrons. The molecular formula is C17H21NO2. The average molecular weight is 271 g/mol. The molecular weight excluding hydrogens is 250 g/mol. The molecule has 0 aliphatic carbocycles. The van der Waals surface area contributed by atoms with Crippen molar-refractivity contribution < 1.29 is 9.53 Å². The number of carbonyl (C=O) groups excluding carboxylic acids is 1. The maximum atomic E-state index is 12.4. The van der Waals surface area contributed by atoms with Crippen molar-refractivity contribution in [1.82, 2.24) is 5.32 Å². The zero-order valence-corrected chi connectivity index (χ0v) is 12.4. The minimum Gasteiger partial charge on any atom is -0.496 e. The predicted octanol–water partition coefficient (Wildman–Crippen LogP) is 3.62. The summed E-state index contributed by atoms with van der Waals surface area (Å²) in [5.74, 6) is 0.913. The minimum atomic E-state index is -0.0891. The lowest BCUT2D eigenvalue weighted by Gasteiger charge is -2.18. The van der Waals surface area contributed by atoms with Crippen LogP contribution in [-0.2, 0) is 0 Å². The van der Waals surface area contributed by atoms with Gasteiger partial charge in [0.05, 0.1) is 12.7 Å². The summed E-state index contributed by atoms with van der Waals surface area (Å²) in [6, 6.07) is 11.9. The summed E-state index contributed by atoms with van der Waals surface area (Å²) in [6.07, 6.45) is 0. The minimum absolute atomic E-state index is 0.0891. The molecule has 106 valence electrons.